The number of imide groups is 1. The van der Waals surface area contributed by atoms with Crippen LogP contribution in [0.1, 0.15) is 45.6 Å². The van der Waals surface area contributed by atoms with Gasteiger partial charge in [0.2, 0.25) is 11.8 Å². The van der Waals surface area contributed by atoms with E-state index in [-0.39, 0.29) is 24.1 Å². The summed E-state index contributed by atoms with van der Waals surface area (Å²) in [6, 6.07) is 5.21. The summed E-state index contributed by atoms with van der Waals surface area (Å²) in [6.07, 6.45) is 0.631. The molecular weight excluding hydrogens is 360 g/mol. The van der Waals surface area contributed by atoms with Gasteiger partial charge in [-0.3, -0.25) is 24.8 Å². The van der Waals surface area contributed by atoms with E-state index < -0.39 is 6.04 Å². The second-order valence-electron chi connectivity index (χ2n) is 7.38. The van der Waals surface area contributed by atoms with Gasteiger partial charge < -0.3 is 15.5 Å². The second kappa shape index (κ2) is 6.45. The fraction of sp³-hybridized carbons (Fsp3) is 0.368. The number of carbonyl (C=O) groups is 3. The Kier molecular flexibility index (Phi) is 3.90. The summed E-state index contributed by atoms with van der Waals surface area (Å²) in [6.45, 7) is 2.54. The molecule has 3 aliphatic heterocycles. The number of carbonyl (C=O) groups excluding carboxylic acids is 3. The van der Waals surface area contributed by atoms with Gasteiger partial charge in [0.25, 0.3) is 5.91 Å². The molecule has 1 aromatic heterocycles. The summed E-state index contributed by atoms with van der Waals surface area (Å²) in [5.74, 6) is 0.00678. The molecule has 1 aromatic carbocycles. The maximum absolute atomic E-state index is 12.9. The van der Waals surface area contributed by atoms with Crippen LogP contribution >= 0.6 is 0 Å². The molecule has 1 saturated heterocycles. The van der Waals surface area contributed by atoms with E-state index >= 15 is 0 Å². The number of nitrogens with one attached hydrogen (secondary N) is 4. The van der Waals surface area contributed by atoms with Crippen LogP contribution in [0, 0.1) is 0 Å². The van der Waals surface area contributed by atoms with Crippen molar-refractivity contribution in [1.82, 2.24) is 25.7 Å². The van der Waals surface area contributed by atoms with Crippen molar-refractivity contribution < 1.29 is 14.4 Å². The number of fused-ring (bicyclic) bond motifs is 2. The Morgan fingerprint density at radius 3 is 2.96 bits per heavy atom. The van der Waals surface area contributed by atoms with Crippen LogP contribution in [0.25, 0.3) is 0 Å². The number of amides is 3. The Balaban J connectivity index is 1.30. The normalized spacial score (nSPS) is 20.9. The highest BCUT2D eigenvalue weighted by Crippen LogP contribution is 2.28. The molecule has 0 radical (unpaired) electrons. The molecule has 0 bridgehead atoms. The summed E-state index contributed by atoms with van der Waals surface area (Å²) in [4.78, 5) is 37.9. The smallest absolute Gasteiger partial charge is 0.255 e. The number of H-pyrrole nitrogens is 1. The third-order valence-electron chi connectivity index (χ3n) is 5.61. The molecule has 5 rings (SSSR count). The number of anilines is 1. The van der Waals surface area contributed by atoms with Crippen LogP contribution in [0.5, 0.6) is 0 Å². The standard InChI is InChI=1S/C19H20N6O3/c26-16-4-3-15(18(27)22-16)25-9-11-2-1-10(5-12(11)19(25)28)6-21-17-13-7-20-8-14(13)23-24-17/h1-2,5,15,20H,3-4,6-9H2,(H2,21,23,24)(H,22,26,27). The zero-order valence-electron chi connectivity index (χ0n) is 15.2. The zero-order valence-corrected chi connectivity index (χ0v) is 15.2. The van der Waals surface area contributed by atoms with Crippen molar-refractivity contribution in [2.24, 2.45) is 0 Å². The fourth-order valence-electron chi connectivity index (χ4n) is 4.09. The molecule has 0 aliphatic carbocycles. The van der Waals surface area contributed by atoms with Crippen molar-refractivity contribution >= 4 is 23.5 Å². The minimum Gasteiger partial charge on any atom is -0.364 e. The summed E-state index contributed by atoms with van der Waals surface area (Å²) in [5, 5.41) is 16.3. The van der Waals surface area contributed by atoms with Crippen molar-refractivity contribution in [2.45, 2.75) is 45.1 Å². The number of hydrogen-bond acceptors (Lipinski definition) is 6. The predicted octanol–water partition coefficient (Wildman–Crippen LogP) is 0.386. The zero-order chi connectivity index (χ0) is 19.3. The minimum atomic E-state index is -0.585. The third-order valence-corrected chi connectivity index (χ3v) is 5.61. The molecule has 0 spiro atoms. The minimum absolute atomic E-state index is 0.156. The van der Waals surface area contributed by atoms with E-state index in [0.29, 0.717) is 25.1 Å². The molecule has 2 aromatic rings. The van der Waals surface area contributed by atoms with Crippen molar-refractivity contribution in [2.75, 3.05) is 5.32 Å². The van der Waals surface area contributed by atoms with E-state index in [9.17, 15) is 14.4 Å². The first-order chi connectivity index (χ1) is 13.6. The average molecular weight is 380 g/mol. The Bertz CT molecular complexity index is 998. The molecule has 4 N–H and O–H groups in total. The Morgan fingerprint density at radius 1 is 1.21 bits per heavy atom. The molecular formula is C19H20N6O3. The lowest BCUT2D eigenvalue weighted by Crippen LogP contribution is -2.52. The molecule has 28 heavy (non-hydrogen) atoms. The van der Waals surface area contributed by atoms with Crippen molar-refractivity contribution in [3.63, 3.8) is 0 Å². The maximum Gasteiger partial charge on any atom is 0.255 e. The van der Waals surface area contributed by atoms with Crippen molar-refractivity contribution in [3.8, 4) is 0 Å². The van der Waals surface area contributed by atoms with Crippen LogP contribution < -0.4 is 16.0 Å². The lowest BCUT2D eigenvalue weighted by atomic mass is 10.0. The molecule has 1 fully saturated rings. The largest absolute Gasteiger partial charge is 0.364 e. The highest BCUT2D eigenvalue weighted by atomic mass is 16.2. The van der Waals surface area contributed by atoms with Crippen LogP contribution in [-0.4, -0.2) is 38.9 Å². The Hall–Kier alpha value is -3.20. The van der Waals surface area contributed by atoms with Crippen LogP contribution in [0.2, 0.25) is 0 Å². The van der Waals surface area contributed by atoms with Gasteiger partial charge in [0.1, 0.15) is 6.04 Å². The first-order valence-electron chi connectivity index (χ1n) is 9.37. The molecule has 9 nitrogen and oxygen atoms in total. The van der Waals surface area contributed by atoms with E-state index in [1.807, 2.05) is 18.2 Å². The van der Waals surface area contributed by atoms with Crippen LogP contribution in [-0.2, 0) is 35.8 Å². The number of benzene rings is 1. The number of piperidine rings is 1. The third kappa shape index (κ3) is 2.75. The summed E-state index contributed by atoms with van der Waals surface area (Å²) in [7, 11) is 0. The van der Waals surface area contributed by atoms with E-state index in [4.69, 9.17) is 0 Å². The van der Waals surface area contributed by atoms with E-state index in [2.05, 4.69) is 26.1 Å². The van der Waals surface area contributed by atoms with Crippen molar-refractivity contribution in [1.29, 1.82) is 0 Å². The highest BCUT2D eigenvalue weighted by molar-refractivity contribution is 6.05. The van der Waals surface area contributed by atoms with Gasteiger partial charge >= 0.3 is 0 Å². The first kappa shape index (κ1) is 16.9. The lowest BCUT2D eigenvalue weighted by Gasteiger charge is -2.29. The molecule has 144 valence electrons. The lowest BCUT2D eigenvalue weighted by molar-refractivity contribution is -0.136. The molecule has 3 aliphatic rings. The monoisotopic (exact) mass is 380 g/mol. The number of nitrogens with zero attached hydrogens (tertiary/aromatic N) is 2. The molecule has 1 atom stereocenters. The molecule has 1 unspecified atom stereocenters. The summed E-state index contributed by atoms with van der Waals surface area (Å²) < 4.78 is 0. The molecule has 4 heterocycles. The van der Waals surface area contributed by atoms with Crippen molar-refractivity contribution in [3.05, 3.63) is 46.1 Å². The first-order valence-corrected chi connectivity index (χ1v) is 9.37. The SMILES string of the molecule is O=C1CCC(N2Cc3ccc(CNc4n[nH]c5c4CNC5)cc3C2=O)C(=O)N1. The Morgan fingerprint density at radius 2 is 2.11 bits per heavy atom. The maximum atomic E-state index is 12.9. The van der Waals surface area contributed by atoms with Crippen LogP contribution in [0.4, 0.5) is 5.82 Å². The predicted molar refractivity (Wildman–Crippen MR) is 98.9 cm³/mol. The van der Waals surface area contributed by atoms with Gasteiger partial charge in [-0.1, -0.05) is 12.1 Å². The quantitative estimate of drug-likeness (QED) is 0.570. The average Bonchev–Trinajstić information content (AvgIpc) is 3.36. The van der Waals surface area contributed by atoms with Gasteiger partial charge in [0.05, 0.1) is 5.69 Å². The highest BCUT2D eigenvalue weighted by Gasteiger charge is 2.39. The van der Waals surface area contributed by atoms with Crippen LogP contribution in [0.15, 0.2) is 18.2 Å². The second-order valence-corrected chi connectivity index (χ2v) is 7.38. The number of hydrogen-bond donors (Lipinski definition) is 4. The molecule has 9 heteroatoms. The van der Waals surface area contributed by atoms with Gasteiger partial charge in [-0.05, 0) is 23.6 Å². The van der Waals surface area contributed by atoms with E-state index in [1.54, 1.807) is 4.90 Å². The van der Waals surface area contributed by atoms with Gasteiger partial charge in [-0.15, -0.1) is 0 Å². The Labute approximate surface area is 160 Å². The van der Waals surface area contributed by atoms with E-state index in [0.717, 1.165) is 41.3 Å². The number of aromatic amines is 1. The van der Waals surface area contributed by atoms with Gasteiger partial charge in [0, 0.05) is 43.7 Å². The van der Waals surface area contributed by atoms with Gasteiger partial charge in [0.15, 0.2) is 5.82 Å². The van der Waals surface area contributed by atoms with Gasteiger partial charge in [-0.25, -0.2) is 0 Å². The molecule has 3 amide bonds. The van der Waals surface area contributed by atoms with Crippen LogP contribution in [0.3, 0.4) is 0 Å². The fourth-order valence-corrected chi connectivity index (χ4v) is 4.09. The van der Waals surface area contributed by atoms with Gasteiger partial charge in [-0.2, -0.15) is 5.10 Å². The summed E-state index contributed by atoms with van der Waals surface area (Å²) in [5.41, 5.74) is 4.76. The summed E-state index contributed by atoms with van der Waals surface area (Å²) >= 11 is 0. The number of aromatic nitrogens is 2. The topological polar surface area (TPSA) is 119 Å². The number of rotatable bonds is 4. The van der Waals surface area contributed by atoms with E-state index in [1.165, 1.54) is 0 Å². The molecule has 0 saturated carbocycles.